The van der Waals surface area contributed by atoms with E-state index in [9.17, 15) is 9.59 Å². The molecule has 0 aromatic heterocycles. The van der Waals surface area contributed by atoms with E-state index in [1.165, 1.54) is 0 Å². The van der Waals surface area contributed by atoms with Crippen LogP contribution in [0.4, 0.5) is 0 Å². The molecule has 2 heterocycles. The number of esters is 2. The molecule has 5 heteroatoms. The summed E-state index contributed by atoms with van der Waals surface area (Å²) in [6.07, 6.45) is 3.05. The van der Waals surface area contributed by atoms with Crippen LogP contribution in [-0.4, -0.2) is 35.3 Å². The second-order valence-electron chi connectivity index (χ2n) is 9.35. The van der Waals surface area contributed by atoms with Crippen molar-refractivity contribution in [2.24, 2.45) is 11.8 Å². The lowest BCUT2D eigenvalue weighted by Crippen LogP contribution is -2.59. The summed E-state index contributed by atoms with van der Waals surface area (Å²) in [4.78, 5) is 25.9. The quantitative estimate of drug-likeness (QED) is 0.665. The number of hydrogen-bond donors (Lipinski definition) is 0. The molecule has 5 rings (SSSR count). The molecule has 0 radical (unpaired) electrons. The maximum Gasteiger partial charge on any atom is 0.338 e. The van der Waals surface area contributed by atoms with Gasteiger partial charge in [-0.25, -0.2) is 9.59 Å². The van der Waals surface area contributed by atoms with Crippen molar-refractivity contribution in [2.45, 2.75) is 62.9 Å². The minimum Gasteiger partial charge on any atom is -0.452 e. The molecule has 3 fully saturated rings. The summed E-state index contributed by atoms with van der Waals surface area (Å²) in [5, 5.41) is 0. The van der Waals surface area contributed by atoms with Crippen LogP contribution in [0.25, 0.3) is 0 Å². The van der Waals surface area contributed by atoms with Crippen LogP contribution >= 0.6 is 0 Å². The normalized spacial score (nSPS) is 35.9. The molecule has 2 unspecified atom stereocenters. The summed E-state index contributed by atoms with van der Waals surface area (Å²) in [6.45, 7) is 4.06. The predicted molar refractivity (Wildman–Crippen MR) is 115 cm³/mol. The molecule has 2 bridgehead atoms. The topological polar surface area (TPSA) is 61.8 Å². The van der Waals surface area contributed by atoms with Crippen molar-refractivity contribution in [3.63, 3.8) is 0 Å². The highest BCUT2D eigenvalue weighted by Crippen LogP contribution is 2.63. The number of benzene rings is 2. The Morgan fingerprint density at radius 1 is 0.742 bits per heavy atom. The molecular weight excluding hydrogens is 392 g/mol. The van der Waals surface area contributed by atoms with E-state index in [4.69, 9.17) is 14.2 Å². The largest absolute Gasteiger partial charge is 0.452 e. The molecule has 2 saturated heterocycles. The van der Waals surface area contributed by atoms with Crippen molar-refractivity contribution in [2.75, 3.05) is 0 Å². The molecule has 1 aliphatic carbocycles. The van der Waals surface area contributed by atoms with Gasteiger partial charge < -0.3 is 14.2 Å². The van der Waals surface area contributed by atoms with Gasteiger partial charge >= 0.3 is 11.9 Å². The van der Waals surface area contributed by atoms with Gasteiger partial charge in [-0.2, -0.15) is 0 Å². The zero-order valence-corrected chi connectivity index (χ0v) is 18.0. The van der Waals surface area contributed by atoms with E-state index in [1.54, 1.807) is 48.5 Å². The minimum absolute atomic E-state index is 0.284. The first-order valence-corrected chi connectivity index (χ1v) is 11.2. The average molecular weight is 421 g/mol. The maximum absolute atomic E-state index is 13.0. The third kappa shape index (κ3) is 3.18. The summed E-state index contributed by atoms with van der Waals surface area (Å²) < 4.78 is 18.8. The van der Waals surface area contributed by atoms with Gasteiger partial charge in [-0.3, -0.25) is 0 Å². The SMILES string of the molecule is C[C@]12O[C@](C)(C3CCCCC31)[C@@H](OC(=O)c1ccccc1)[C@H]2OC(=O)c1ccccc1. The van der Waals surface area contributed by atoms with Gasteiger partial charge in [-0.05, 0) is 62.8 Å². The summed E-state index contributed by atoms with van der Waals surface area (Å²) >= 11 is 0. The molecule has 2 aliphatic heterocycles. The minimum atomic E-state index is -0.675. The fourth-order valence-electron chi connectivity index (χ4n) is 6.14. The zero-order chi connectivity index (χ0) is 21.6. The van der Waals surface area contributed by atoms with Crippen LogP contribution in [0.15, 0.2) is 60.7 Å². The lowest BCUT2D eigenvalue weighted by molar-refractivity contribution is -0.0963. The van der Waals surface area contributed by atoms with E-state index >= 15 is 0 Å². The molecule has 6 atom stereocenters. The van der Waals surface area contributed by atoms with E-state index < -0.39 is 35.3 Å². The van der Waals surface area contributed by atoms with Gasteiger partial charge in [0.1, 0.15) is 11.2 Å². The van der Waals surface area contributed by atoms with Crippen molar-refractivity contribution < 1.29 is 23.8 Å². The third-order valence-corrected chi connectivity index (χ3v) is 7.57. The molecule has 31 heavy (non-hydrogen) atoms. The van der Waals surface area contributed by atoms with Crippen LogP contribution < -0.4 is 0 Å². The molecule has 2 aromatic rings. The third-order valence-electron chi connectivity index (χ3n) is 7.57. The fraction of sp³-hybridized carbons (Fsp3) is 0.462. The molecule has 3 aliphatic rings. The highest BCUT2D eigenvalue weighted by atomic mass is 16.7. The van der Waals surface area contributed by atoms with E-state index in [-0.39, 0.29) is 11.8 Å². The molecular formula is C26H28O5. The molecule has 1 saturated carbocycles. The molecule has 0 N–H and O–H groups in total. The number of fused-ring (bicyclic) bond motifs is 5. The van der Waals surface area contributed by atoms with Crippen LogP contribution in [0.5, 0.6) is 0 Å². The second kappa shape index (κ2) is 7.49. The first-order chi connectivity index (χ1) is 14.9. The Labute approximate surface area is 182 Å². The van der Waals surface area contributed by atoms with Gasteiger partial charge in [-0.15, -0.1) is 0 Å². The molecule has 162 valence electrons. The maximum atomic E-state index is 13.0. The van der Waals surface area contributed by atoms with Crippen molar-refractivity contribution in [1.29, 1.82) is 0 Å². The number of carbonyl (C=O) groups is 2. The first kappa shape index (κ1) is 20.3. The highest BCUT2D eigenvalue weighted by Gasteiger charge is 2.75. The number of hydrogen-bond acceptors (Lipinski definition) is 5. The Hall–Kier alpha value is -2.66. The summed E-state index contributed by atoms with van der Waals surface area (Å²) in [5.74, 6) is -0.266. The van der Waals surface area contributed by atoms with Gasteiger partial charge in [-0.1, -0.05) is 49.2 Å². The molecule has 0 amide bonds. The highest BCUT2D eigenvalue weighted by molar-refractivity contribution is 5.90. The Morgan fingerprint density at radius 3 is 1.52 bits per heavy atom. The summed E-state index contributed by atoms with van der Waals surface area (Å²) in [7, 11) is 0. The number of ether oxygens (including phenoxy) is 3. The molecule has 0 spiro atoms. The number of rotatable bonds is 4. The van der Waals surface area contributed by atoms with Crippen LogP contribution in [0.2, 0.25) is 0 Å². The Morgan fingerprint density at radius 2 is 1.13 bits per heavy atom. The van der Waals surface area contributed by atoms with Gasteiger partial charge in [0, 0.05) is 0 Å². The smallest absolute Gasteiger partial charge is 0.338 e. The van der Waals surface area contributed by atoms with Crippen molar-refractivity contribution in [1.82, 2.24) is 0 Å². The van der Waals surface area contributed by atoms with Crippen molar-refractivity contribution in [3.05, 3.63) is 71.8 Å². The van der Waals surface area contributed by atoms with Crippen molar-refractivity contribution in [3.8, 4) is 0 Å². The van der Waals surface area contributed by atoms with Gasteiger partial charge in [0.2, 0.25) is 0 Å². The standard InChI is InChI=1S/C26H28O5/c1-25-19-15-9-10-16-20(19)26(2,31-25)22(30-24(28)18-13-7-4-8-14-18)21(25)29-23(27)17-11-5-3-6-12-17/h3-8,11-14,19-22H,9-10,15-16H2,1-2H3/t19?,20?,21-,22+,25+,26-. The van der Waals surface area contributed by atoms with E-state index in [1.807, 2.05) is 26.0 Å². The summed E-state index contributed by atoms with van der Waals surface area (Å²) in [5.41, 5.74) is -0.391. The van der Waals surface area contributed by atoms with Gasteiger partial charge in [0.05, 0.1) is 11.1 Å². The molecule has 5 nitrogen and oxygen atoms in total. The second-order valence-corrected chi connectivity index (χ2v) is 9.35. The van der Waals surface area contributed by atoms with Crippen LogP contribution in [-0.2, 0) is 14.2 Å². The lowest BCUT2D eigenvalue weighted by atomic mass is 9.60. The Kier molecular flexibility index (Phi) is 4.89. The average Bonchev–Trinajstić information content (AvgIpc) is 3.17. The number of carbonyl (C=O) groups excluding carboxylic acids is 2. The van der Waals surface area contributed by atoms with E-state index in [0.29, 0.717) is 11.1 Å². The van der Waals surface area contributed by atoms with Crippen LogP contribution in [0.1, 0.15) is 60.2 Å². The summed E-state index contributed by atoms with van der Waals surface area (Å²) in [6, 6.07) is 17.9. The Balaban J connectivity index is 1.48. The predicted octanol–water partition coefficient (Wildman–Crippen LogP) is 4.81. The Bertz CT molecular complexity index is 894. The first-order valence-electron chi connectivity index (χ1n) is 11.2. The van der Waals surface area contributed by atoms with Gasteiger partial charge in [0.25, 0.3) is 0 Å². The van der Waals surface area contributed by atoms with Crippen LogP contribution in [0.3, 0.4) is 0 Å². The van der Waals surface area contributed by atoms with E-state index in [0.717, 1.165) is 25.7 Å². The van der Waals surface area contributed by atoms with Crippen molar-refractivity contribution >= 4 is 11.9 Å². The lowest BCUT2D eigenvalue weighted by Gasteiger charge is -2.46. The van der Waals surface area contributed by atoms with Crippen LogP contribution in [0, 0.1) is 11.8 Å². The fourth-order valence-corrected chi connectivity index (χ4v) is 6.14. The van der Waals surface area contributed by atoms with Gasteiger partial charge in [0.15, 0.2) is 12.2 Å². The zero-order valence-electron chi connectivity index (χ0n) is 18.0. The monoisotopic (exact) mass is 420 g/mol. The molecule has 2 aromatic carbocycles. The van der Waals surface area contributed by atoms with E-state index in [2.05, 4.69) is 0 Å².